The molecule has 0 radical (unpaired) electrons. The van der Waals surface area contributed by atoms with Crippen molar-refractivity contribution in [2.45, 2.75) is 71.1 Å². The molecule has 5 nitrogen and oxygen atoms in total. The molecule has 2 atom stereocenters. The van der Waals surface area contributed by atoms with E-state index in [2.05, 4.69) is 24.1 Å². The van der Waals surface area contributed by atoms with Crippen molar-refractivity contribution in [3.63, 3.8) is 0 Å². The van der Waals surface area contributed by atoms with Gasteiger partial charge in [-0.15, -0.1) is 0 Å². The van der Waals surface area contributed by atoms with Gasteiger partial charge in [-0.05, 0) is 62.1 Å². The van der Waals surface area contributed by atoms with Gasteiger partial charge in [0.15, 0.2) is 0 Å². The van der Waals surface area contributed by atoms with Gasteiger partial charge in [-0.1, -0.05) is 13.8 Å². The molecule has 0 aromatic carbocycles. The van der Waals surface area contributed by atoms with Crippen molar-refractivity contribution in [1.29, 1.82) is 0 Å². The van der Waals surface area contributed by atoms with Crippen LogP contribution in [0.15, 0.2) is 12.3 Å². The Morgan fingerprint density at radius 3 is 2.75 bits per heavy atom. The molecule has 1 amide bonds. The number of pyridine rings is 1. The van der Waals surface area contributed by atoms with E-state index in [0.717, 1.165) is 64.1 Å². The minimum absolute atomic E-state index is 0.0888. The highest BCUT2D eigenvalue weighted by molar-refractivity contribution is 5.83. The van der Waals surface area contributed by atoms with E-state index in [4.69, 9.17) is 4.74 Å². The topological polar surface area (TPSA) is 54.5 Å². The van der Waals surface area contributed by atoms with Crippen molar-refractivity contribution in [2.75, 3.05) is 26.3 Å². The lowest BCUT2D eigenvalue weighted by atomic mass is 9.74. The van der Waals surface area contributed by atoms with E-state index in [1.807, 2.05) is 0 Å². The number of nitrogens with zero attached hydrogens (tertiary/aromatic N) is 2. The summed E-state index contributed by atoms with van der Waals surface area (Å²) in [7, 11) is 0. The van der Waals surface area contributed by atoms with Gasteiger partial charge in [0.1, 0.15) is 0 Å². The van der Waals surface area contributed by atoms with Crippen LogP contribution in [-0.4, -0.2) is 48.1 Å². The lowest BCUT2D eigenvalue weighted by Gasteiger charge is -2.39. The van der Waals surface area contributed by atoms with E-state index in [9.17, 15) is 18.0 Å². The van der Waals surface area contributed by atoms with Crippen LogP contribution in [0.2, 0.25) is 0 Å². The number of ether oxygens (including phenoxy) is 1. The minimum atomic E-state index is -4.43. The molecule has 1 saturated heterocycles. The summed E-state index contributed by atoms with van der Waals surface area (Å²) in [5.41, 5.74) is -0.0177. The van der Waals surface area contributed by atoms with Crippen LogP contribution in [0.1, 0.15) is 62.8 Å². The molecule has 0 unspecified atom stereocenters. The van der Waals surface area contributed by atoms with Gasteiger partial charge < -0.3 is 15.0 Å². The Balaban J connectivity index is 1.43. The monoisotopic (exact) mass is 453 g/mol. The number of carbonyl (C=O) groups excluding carboxylic acids is 1. The summed E-state index contributed by atoms with van der Waals surface area (Å²) in [6.45, 7) is 7.53. The van der Waals surface area contributed by atoms with Crippen LogP contribution >= 0.6 is 0 Å². The lowest BCUT2D eigenvalue weighted by Crippen LogP contribution is -2.48. The van der Waals surface area contributed by atoms with Gasteiger partial charge >= 0.3 is 6.18 Å². The van der Waals surface area contributed by atoms with E-state index in [-0.39, 0.29) is 18.4 Å². The van der Waals surface area contributed by atoms with E-state index in [1.54, 1.807) is 4.90 Å². The molecule has 1 aromatic heterocycles. The van der Waals surface area contributed by atoms with Gasteiger partial charge in [0.05, 0.1) is 11.0 Å². The lowest BCUT2D eigenvalue weighted by molar-refractivity contribution is -0.145. The van der Waals surface area contributed by atoms with Gasteiger partial charge in [-0.2, -0.15) is 13.2 Å². The Hall–Kier alpha value is -1.67. The normalized spacial score (nSPS) is 27.1. The Labute approximate surface area is 188 Å². The summed E-state index contributed by atoms with van der Waals surface area (Å²) in [6.07, 6.45) is 1.69. The number of amides is 1. The molecule has 8 heteroatoms. The first-order valence-electron chi connectivity index (χ1n) is 11.8. The Morgan fingerprint density at radius 2 is 2.06 bits per heavy atom. The van der Waals surface area contributed by atoms with Crippen LogP contribution in [-0.2, 0) is 28.7 Å². The third-order valence-corrected chi connectivity index (χ3v) is 7.77. The van der Waals surface area contributed by atoms with Crippen molar-refractivity contribution in [1.82, 2.24) is 15.2 Å². The van der Waals surface area contributed by atoms with Crippen molar-refractivity contribution >= 4 is 5.91 Å². The van der Waals surface area contributed by atoms with Crippen LogP contribution < -0.4 is 5.32 Å². The Kier molecular flexibility index (Phi) is 6.82. The molecular weight excluding hydrogens is 419 g/mol. The first kappa shape index (κ1) is 23.5. The fraction of sp³-hybridized carbons (Fsp3) is 0.750. The zero-order chi connectivity index (χ0) is 22.9. The van der Waals surface area contributed by atoms with Crippen LogP contribution in [0.25, 0.3) is 0 Å². The first-order chi connectivity index (χ1) is 15.2. The number of nitrogens with one attached hydrogen (secondary N) is 1. The molecule has 3 heterocycles. The SMILES string of the molecule is CC(C)[C@]1(C(=O)N2CCc3ncc(C(F)(F)F)cc3C2)CC[C@@H](NCC2CCOCC2)C1. The van der Waals surface area contributed by atoms with Crippen LogP contribution in [0.4, 0.5) is 13.2 Å². The van der Waals surface area contributed by atoms with E-state index in [0.29, 0.717) is 36.2 Å². The fourth-order valence-corrected chi connectivity index (χ4v) is 5.57. The zero-order valence-electron chi connectivity index (χ0n) is 19.0. The highest BCUT2D eigenvalue weighted by atomic mass is 19.4. The molecule has 0 spiro atoms. The average molecular weight is 454 g/mol. The zero-order valence-corrected chi connectivity index (χ0v) is 19.0. The van der Waals surface area contributed by atoms with Crippen molar-refractivity contribution in [3.8, 4) is 0 Å². The molecular formula is C24H34F3N3O2. The summed E-state index contributed by atoms with van der Waals surface area (Å²) in [6, 6.07) is 1.47. The summed E-state index contributed by atoms with van der Waals surface area (Å²) in [4.78, 5) is 19.5. The molecule has 2 aliphatic heterocycles. The molecule has 1 aromatic rings. The molecule has 4 rings (SSSR count). The van der Waals surface area contributed by atoms with Gasteiger partial charge in [0.25, 0.3) is 0 Å². The molecule has 0 bridgehead atoms. The maximum Gasteiger partial charge on any atom is 0.417 e. The second-order valence-electron chi connectivity index (χ2n) is 10.0. The standard InChI is InChI=1S/C24H34F3N3O2/c1-16(2)23(7-3-20(12-23)28-13-17-5-9-32-10-6-17)22(31)30-8-4-21-18(15-30)11-19(14-29-21)24(25,26)27/h11,14,16-17,20,28H,3-10,12-13,15H2,1-2H3/t20-,23+/m1/s1. The Morgan fingerprint density at radius 1 is 1.31 bits per heavy atom. The highest BCUT2D eigenvalue weighted by Gasteiger charge is 2.49. The molecule has 2 fully saturated rings. The summed E-state index contributed by atoms with van der Waals surface area (Å²) < 4.78 is 44.9. The first-order valence-corrected chi connectivity index (χ1v) is 11.8. The molecule has 178 valence electrons. The molecule has 1 saturated carbocycles. The van der Waals surface area contributed by atoms with E-state index < -0.39 is 17.2 Å². The van der Waals surface area contributed by atoms with Crippen LogP contribution in [0.3, 0.4) is 0 Å². The minimum Gasteiger partial charge on any atom is -0.381 e. The number of alkyl halides is 3. The summed E-state index contributed by atoms with van der Waals surface area (Å²) >= 11 is 0. The number of aromatic nitrogens is 1. The second kappa shape index (κ2) is 9.29. The third-order valence-electron chi connectivity index (χ3n) is 7.77. The average Bonchev–Trinajstić information content (AvgIpc) is 3.22. The van der Waals surface area contributed by atoms with Crippen molar-refractivity contribution in [3.05, 3.63) is 29.1 Å². The number of rotatable bonds is 5. The number of hydrogen-bond acceptors (Lipinski definition) is 4. The predicted molar refractivity (Wildman–Crippen MR) is 115 cm³/mol. The number of halogens is 3. The number of fused-ring (bicyclic) bond motifs is 1. The van der Waals surface area contributed by atoms with Gasteiger partial charge in [0, 0.05) is 50.7 Å². The second-order valence-corrected chi connectivity index (χ2v) is 10.0. The Bertz CT molecular complexity index is 823. The smallest absolute Gasteiger partial charge is 0.381 e. The van der Waals surface area contributed by atoms with Crippen LogP contribution in [0.5, 0.6) is 0 Å². The van der Waals surface area contributed by atoms with Crippen molar-refractivity contribution in [2.24, 2.45) is 17.3 Å². The largest absolute Gasteiger partial charge is 0.417 e. The number of hydrogen-bond donors (Lipinski definition) is 1. The number of carbonyl (C=O) groups is 1. The quantitative estimate of drug-likeness (QED) is 0.726. The van der Waals surface area contributed by atoms with Gasteiger partial charge in [0.2, 0.25) is 5.91 Å². The summed E-state index contributed by atoms with van der Waals surface area (Å²) in [5.74, 6) is 0.888. The van der Waals surface area contributed by atoms with Gasteiger partial charge in [-0.3, -0.25) is 9.78 Å². The summed E-state index contributed by atoms with van der Waals surface area (Å²) in [5, 5.41) is 3.70. The molecule has 3 aliphatic rings. The molecule has 1 aliphatic carbocycles. The van der Waals surface area contributed by atoms with E-state index in [1.165, 1.54) is 0 Å². The van der Waals surface area contributed by atoms with Crippen LogP contribution in [0, 0.1) is 17.3 Å². The third kappa shape index (κ3) is 4.81. The highest BCUT2D eigenvalue weighted by Crippen LogP contribution is 2.46. The maximum atomic E-state index is 13.7. The van der Waals surface area contributed by atoms with Gasteiger partial charge in [-0.25, -0.2) is 0 Å². The van der Waals surface area contributed by atoms with Crippen molar-refractivity contribution < 1.29 is 22.7 Å². The predicted octanol–water partition coefficient (Wildman–Crippen LogP) is 4.20. The molecule has 32 heavy (non-hydrogen) atoms. The molecule has 1 N–H and O–H groups in total. The van der Waals surface area contributed by atoms with E-state index >= 15 is 0 Å². The fourth-order valence-electron chi connectivity index (χ4n) is 5.57. The maximum absolute atomic E-state index is 13.7.